The van der Waals surface area contributed by atoms with Gasteiger partial charge < -0.3 is 16.0 Å². The van der Waals surface area contributed by atoms with Crippen molar-refractivity contribution in [1.29, 1.82) is 0 Å². The lowest BCUT2D eigenvalue weighted by molar-refractivity contribution is 0.0950. The predicted octanol–water partition coefficient (Wildman–Crippen LogP) is 1.49. The highest BCUT2D eigenvalue weighted by Gasteiger charge is 2.08. The molecule has 9 nitrogen and oxygen atoms in total. The molecule has 1 aromatic heterocycles. The van der Waals surface area contributed by atoms with Gasteiger partial charge in [-0.25, -0.2) is 19.1 Å². The lowest BCUT2D eigenvalue weighted by atomic mass is 10.1. The predicted molar refractivity (Wildman–Crippen MR) is 99.1 cm³/mol. The molecule has 144 valence electrons. The molecular formula is C18H17FN6O3. The quantitative estimate of drug-likeness (QED) is 0.440. The lowest BCUT2D eigenvalue weighted by Gasteiger charge is -2.08. The van der Waals surface area contributed by atoms with Gasteiger partial charge in [-0.05, 0) is 30.3 Å². The Morgan fingerprint density at radius 1 is 1.00 bits per heavy atom. The zero-order valence-electron chi connectivity index (χ0n) is 14.6. The summed E-state index contributed by atoms with van der Waals surface area (Å²) in [4.78, 5) is 37.3. The second kappa shape index (κ2) is 8.62. The van der Waals surface area contributed by atoms with Gasteiger partial charge in [0, 0.05) is 23.4 Å². The Hall–Kier alpha value is -3.95. The third-order valence-corrected chi connectivity index (χ3v) is 3.77. The van der Waals surface area contributed by atoms with Crippen LogP contribution in [0.3, 0.4) is 0 Å². The van der Waals surface area contributed by atoms with E-state index in [0.717, 1.165) is 0 Å². The van der Waals surface area contributed by atoms with Gasteiger partial charge in [0.2, 0.25) is 0 Å². The van der Waals surface area contributed by atoms with E-state index in [1.165, 1.54) is 18.2 Å². The number of anilines is 1. The minimum atomic E-state index is -0.499. The number of rotatable bonds is 6. The summed E-state index contributed by atoms with van der Waals surface area (Å²) in [5.74, 6) is -0.448. The molecule has 0 aliphatic heterocycles. The first-order valence-corrected chi connectivity index (χ1v) is 8.31. The fraction of sp³-hybridized carbons (Fsp3) is 0.111. The number of nitrogens with one attached hydrogen (secondary N) is 5. The maximum Gasteiger partial charge on any atom is 0.340 e. The van der Waals surface area contributed by atoms with Crippen LogP contribution >= 0.6 is 0 Å². The van der Waals surface area contributed by atoms with Gasteiger partial charge in [-0.3, -0.25) is 9.78 Å². The topological polar surface area (TPSA) is 132 Å². The zero-order valence-corrected chi connectivity index (χ0v) is 14.6. The summed E-state index contributed by atoms with van der Waals surface area (Å²) in [5.41, 5.74) is 0.778. The maximum atomic E-state index is 13.6. The van der Waals surface area contributed by atoms with Gasteiger partial charge in [0.1, 0.15) is 11.6 Å². The number of carbonyl (C=O) groups excluding carboxylic acids is 2. The monoisotopic (exact) mass is 384 g/mol. The van der Waals surface area contributed by atoms with Crippen molar-refractivity contribution < 1.29 is 14.0 Å². The van der Waals surface area contributed by atoms with E-state index in [4.69, 9.17) is 0 Å². The van der Waals surface area contributed by atoms with Crippen molar-refractivity contribution in [3.63, 3.8) is 0 Å². The number of urea groups is 1. The Morgan fingerprint density at radius 3 is 2.43 bits per heavy atom. The molecule has 0 fully saturated rings. The maximum absolute atomic E-state index is 13.6. The third kappa shape index (κ3) is 5.04. The molecule has 2 aromatic carbocycles. The first kappa shape index (κ1) is 18.8. The highest BCUT2D eigenvalue weighted by molar-refractivity contribution is 5.95. The van der Waals surface area contributed by atoms with Crippen LogP contribution in [0.2, 0.25) is 0 Å². The summed E-state index contributed by atoms with van der Waals surface area (Å²) in [6, 6.07) is 11.9. The molecule has 0 spiro atoms. The van der Waals surface area contributed by atoms with Crippen molar-refractivity contribution in [2.24, 2.45) is 0 Å². The fourth-order valence-corrected chi connectivity index (χ4v) is 2.35. The molecule has 28 heavy (non-hydrogen) atoms. The summed E-state index contributed by atoms with van der Waals surface area (Å²) >= 11 is 0. The molecule has 0 unspecified atom stereocenters. The first-order chi connectivity index (χ1) is 13.5. The number of aromatic nitrogens is 3. The number of H-pyrrole nitrogens is 2. The van der Waals surface area contributed by atoms with Crippen molar-refractivity contribution in [2.75, 3.05) is 5.32 Å². The molecule has 10 heteroatoms. The second-order valence-electron chi connectivity index (χ2n) is 5.78. The van der Waals surface area contributed by atoms with Crippen LogP contribution in [0, 0.1) is 5.82 Å². The van der Waals surface area contributed by atoms with Crippen LogP contribution in [-0.4, -0.2) is 27.1 Å². The Kier molecular flexibility index (Phi) is 5.80. The number of hydrogen-bond donors (Lipinski definition) is 5. The largest absolute Gasteiger partial charge is 0.348 e. The summed E-state index contributed by atoms with van der Waals surface area (Å²) in [5, 5.41) is 13.6. The highest BCUT2D eigenvalue weighted by Crippen LogP contribution is 2.10. The van der Waals surface area contributed by atoms with Crippen LogP contribution < -0.4 is 21.6 Å². The van der Waals surface area contributed by atoms with E-state index in [1.54, 1.807) is 30.3 Å². The average Bonchev–Trinajstić information content (AvgIpc) is 3.11. The number of carbonyl (C=O) groups is 2. The number of halogens is 1. The summed E-state index contributed by atoms with van der Waals surface area (Å²) in [6.45, 7) is 0.115. The van der Waals surface area contributed by atoms with Gasteiger partial charge in [0.25, 0.3) is 5.91 Å². The molecule has 0 radical (unpaired) electrons. The van der Waals surface area contributed by atoms with E-state index in [-0.39, 0.29) is 24.8 Å². The number of aromatic amines is 2. The highest BCUT2D eigenvalue weighted by atomic mass is 19.1. The second-order valence-corrected chi connectivity index (χ2v) is 5.78. The molecule has 0 saturated carbocycles. The Labute approximate surface area is 158 Å². The number of amides is 3. The molecule has 5 N–H and O–H groups in total. The average molecular weight is 384 g/mol. The third-order valence-electron chi connectivity index (χ3n) is 3.77. The first-order valence-electron chi connectivity index (χ1n) is 8.31. The van der Waals surface area contributed by atoms with E-state index in [0.29, 0.717) is 22.6 Å². The van der Waals surface area contributed by atoms with Crippen molar-refractivity contribution in [3.8, 4) is 0 Å². The Morgan fingerprint density at radius 2 is 1.75 bits per heavy atom. The van der Waals surface area contributed by atoms with Crippen molar-refractivity contribution >= 4 is 17.6 Å². The molecule has 3 rings (SSSR count). The van der Waals surface area contributed by atoms with Crippen LogP contribution in [-0.2, 0) is 13.1 Å². The minimum absolute atomic E-state index is 0.0428. The summed E-state index contributed by atoms with van der Waals surface area (Å²) in [6.07, 6.45) is 0. The van der Waals surface area contributed by atoms with E-state index in [1.807, 2.05) is 0 Å². The van der Waals surface area contributed by atoms with Gasteiger partial charge in [-0.2, -0.15) is 5.10 Å². The summed E-state index contributed by atoms with van der Waals surface area (Å²) < 4.78 is 13.6. The Bertz CT molecular complexity index is 1030. The number of benzene rings is 2. The lowest BCUT2D eigenvalue weighted by Crippen LogP contribution is -2.28. The van der Waals surface area contributed by atoms with Gasteiger partial charge in [0.15, 0.2) is 0 Å². The van der Waals surface area contributed by atoms with Gasteiger partial charge in [0.05, 0.1) is 6.54 Å². The molecule has 1 heterocycles. The van der Waals surface area contributed by atoms with E-state index >= 15 is 0 Å². The summed E-state index contributed by atoms with van der Waals surface area (Å²) in [7, 11) is 0. The SMILES string of the molecule is O=C(NCc1n[nH]c(=O)[nH]1)Nc1ccc(C(=O)NCc2ccccc2F)cc1. The normalized spacial score (nSPS) is 10.3. The molecule has 0 bridgehead atoms. The standard InChI is InChI=1S/C18H17FN6O3/c19-14-4-2-1-3-12(14)9-20-16(26)11-5-7-13(8-6-11)22-17(27)21-10-15-23-18(28)25-24-15/h1-8H,9-10H2,(H,20,26)(H2,21,22,27)(H2,23,24,25,28). The van der Waals surface area contributed by atoms with Crippen molar-refractivity contribution in [3.05, 3.63) is 81.8 Å². The fourth-order valence-electron chi connectivity index (χ4n) is 2.35. The van der Waals surface area contributed by atoms with Crippen LogP contribution in [0.15, 0.2) is 53.3 Å². The number of hydrogen-bond acceptors (Lipinski definition) is 4. The molecular weight excluding hydrogens is 367 g/mol. The van der Waals surface area contributed by atoms with E-state index in [9.17, 15) is 18.8 Å². The van der Waals surface area contributed by atoms with E-state index < -0.39 is 11.7 Å². The molecule has 0 aliphatic carbocycles. The zero-order chi connectivity index (χ0) is 19.9. The smallest absolute Gasteiger partial charge is 0.340 e. The van der Waals surface area contributed by atoms with E-state index in [2.05, 4.69) is 31.1 Å². The Balaban J connectivity index is 1.49. The van der Waals surface area contributed by atoms with Gasteiger partial charge in [-0.1, -0.05) is 18.2 Å². The van der Waals surface area contributed by atoms with Crippen molar-refractivity contribution in [1.82, 2.24) is 25.8 Å². The van der Waals surface area contributed by atoms with Gasteiger partial charge >= 0.3 is 11.7 Å². The molecule has 3 aromatic rings. The minimum Gasteiger partial charge on any atom is -0.348 e. The van der Waals surface area contributed by atoms with Gasteiger partial charge in [-0.15, -0.1) is 0 Å². The van der Waals surface area contributed by atoms with Crippen LogP contribution in [0.4, 0.5) is 14.9 Å². The van der Waals surface area contributed by atoms with Crippen LogP contribution in [0.1, 0.15) is 21.7 Å². The molecule has 0 atom stereocenters. The molecule has 0 aliphatic rings. The van der Waals surface area contributed by atoms with Crippen LogP contribution in [0.5, 0.6) is 0 Å². The molecule has 0 saturated heterocycles. The van der Waals surface area contributed by atoms with Crippen LogP contribution in [0.25, 0.3) is 0 Å². The molecule has 3 amide bonds. The number of nitrogens with zero attached hydrogens (tertiary/aromatic N) is 1. The van der Waals surface area contributed by atoms with Crippen molar-refractivity contribution in [2.45, 2.75) is 13.1 Å².